The van der Waals surface area contributed by atoms with Crippen molar-refractivity contribution in [2.75, 3.05) is 75.3 Å². The number of carboxylic acids is 3. The van der Waals surface area contributed by atoms with E-state index in [0.717, 1.165) is 0 Å². The zero-order valence-corrected chi connectivity index (χ0v) is 76.5. The summed E-state index contributed by atoms with van der Waals surface area (Å²) in [5, 5.41) is 260. The second-order valence-electron chi connectivity index (χ2n) is 31.6. The number of aromatic nitrogens is 4. The lowest BCUT2D eigenvalue weighted by molar-refractivity contribution is -0.142. The molecule has 13 amide bonds. The molecule has 3 rings (SSSR count). The van der Waals surface area contributed by atoms with Crippen molar-refractivity contribution in [3.8, 4) is 0 Å². The van der Waals surface area contributed by atoms with Gasteiger partial charge in [0.15, 0.2) is 11.2 Å². The van der Waals surface area contributed by atoms with Gasteiger partial charge < -0.3 is 203 Å². The second-order valence-corrected chi connectivity index (χ2v) is 34.0. The van der Waals surface area contributed by atoms with Crippen molar-refractivity contribution in [3.05, 3.63) is 52.1 Å². The number of hydrogen-bond acceptors (Lipinski definition) is 45. The highest BCUT2D eigenvalue weighted by Gasteiger charge is 2.40. The predicted molar refractivity (Wildman–Crippen MR) is 476 cm³/mol. The zero-order valence-electron chi connectivity index (χ0n) is 74.9. The minimum Gasteiger partial charge on any atom is -0.481 e. The van der Waals surface area contributed by atoms with Crippen molar-refractivity contribution in [3.63, 3.8) is 0 Å². The van der Waals surface area contributed by atoms with Gasteiger partial charge in [-0.05, 0) is 76.1 Å². The maximum absolute atomic E-state index is 15.2. The van der Waals surface area contributed by atoms with Crippen molar-refractivity contribution < 1.29 is 199 Å². The molecule has 60 nitrogen and oxygen atoms in total. The molecule has 2 aromatic heterocycles. The summed E-state index contributed by atoms with van der Waals surface area (Å²) < 4.78 is 4.57. The zero-order chi connectivity index (χ0) is 105. The van der Waals surface area contributed by atoms with Gasteiger partial charge in [-0.15, -0.1) is 0 Å². The lowest BCUT2D eigenvalue weighted by Gasteiger charge is -2.28. The lowest BCUT2D eigenvalue weighted by Crippen LogP contribution is -2.60. The number of benzene rings is 1. The lowest BCUT2D eigenvalue weighted by atomic mass is 10.0. The van der Waals surface area contributed by atoms with Crippen LogP contribution >= 0.6 is 21.6 Å². The molecule has 0 aliphatic carbocycles. The fourth-order valence-electron chi connectivity index (χ4n) is 12.2. The molecule has 0 saturated heterocycles. The highest BCUT2D eigenvalue weighted by molar-refractivity contribution is 8.76. The Morgan fingerprint density at radius 2 is 0.714 bits per heavy atom. The monoisotopic (exact) mass is 2050 g/mol. The second kappa shape index (κ2) is 63.1. The van der Waals surface area contributed by atoms with Crippen LogP contribution in [0.2, 0.25) is 0 Å². The Labute approximate surface area is 801 Å². The Kier molecular flexibility index (Phi) is 55.2. The van der Waals surface area contributed by atoms with Crippen LogP contribution in [0.15, 0.2) is 35.3 Å². The van der Waals surface area contributed by atoms with Crippen LogP contribution in [0.25, 0.3) is 11.2 Å². The fraction of sp³-hybridized carbons (Fsp3) is 0.641. The summed E-state index contributed by atoms with van der Waals surface area (Å²) in [6.45, 7) is -6.86. The van der Waals surface area contributed by atoms with Gasteiger partial charge in [0, 0.05) is 94.2 Å². The molecule has 62 heteroatoms. The summed E-state index contributed by atoms with van der Waals surface area (Å²) in [6.07, 6.45) is -47.2. The number of nitrogens with one attached hydrogen (secondary N) is 14. The van der Waals surface area contributed by atoms with Gasteiger partial charge in [-0.3, -0.25) is 76.9 Å². The number of aliphatic hydroxyl groups excluding tert-OH is 20. The molecular formula is C78H123N19O41S2. The smallest absolute Gasteiger partial charge is 0.405 e. The van der Waals surface area contributed by atoms with Crippen molar-refractivity contribution in [1.29, 1.82) is 0 Å². The van der Waals surface area contributed by atoms with E-state index in [1.54, 1.807) is 0 Å². The Morgan fingerprint density at radius 1 is 0.400 bits per heavy atom. The van der Waals surface area contributed by atoms with E-state index in [-0.39, 0.29) is 35.6 Å². The molecule has 788 valence electrons. The number of H-pyrrole nitrogens is 1. The molecule has 0 aliphatic heterocycles. The molecule has 41 N–H and O–H groups in total. The minimum absolute atomic E-state index is 0.00129. The van der Waals surface area contributed by atoms with E-state index in [1.807, 2.05) is 0 Å². The van der Waals surface area contributed by atoms with E-state index >= 15 is 9.59 Å². The van der Waals surface area contributed by atoms with Gasteiger partial charge in [-0.25, -0.2) is 19.6 Å². The fourth-order valence-corrected chi connectivity index (χ4v) is 14.0. The van der Waals surface area contributed by atoms with Gasteiger partial charge in [0.25, 0.3) is 11.5 Å². The van der Waals surface area contributed by atoms with Crippen LogP contribution in [0.4, 0.5) is 16.4 Å². The summed E-state index contributed by atoms with van der Waals surface area (Å²) >= 11 is 0. The molecule has 2 heterocycles. The molecule has 0 aliphatic rings. The molecule has 0 unspecified atom stereocenters. The SMILES string of the molecule is C[C@H](CCC(=O)N[C@@H](CCC(=O)NC[C@H](O)[C@@H](O)[C@H](O)[C@H](O)CO)C(=O)N[C@@H](CCC(=O)O)C(=O)N[C@@H](CCC(=O)NC[C@H](O)[C@@H](O)[C@H](O)[C@H](O)CO)C(=O)N[C@@H](CCC(=O)NC[C@H](O)[C@@H](O)[C@H](O)[C@H](O)CO)C(=O)N[C@@H](CCC(=O)O)C(=O)N[C@@H](CCC(=O)NC[C@H](O)[C@@H](O)[C@H](O)[C@H](O)CO)C(=O)N[C@@H](CSSCOC(N)=O)C(=O)O)NC(=O)c1ccc(NCc2cnc3nc(N)[nH]c(=O)c3n2)cc1. The van der Waals surface area contributed by atoms with Crippen LogP contribution in [-0.4, -0.2) is 443 Å². The largest absolute Gasteiger partial charge is 0.481 e. The highest BCUT2D eigenvalue weighted by atomic mass is 33.1. The van der Waals surface area contributed by atoms with Crippen LogP contribution in [0.5, 0.6) is 0 Å². The normalized spacial score (nSPS) is 16.6. The van der Waals surface area contributed by atoms with E-state index in [9.17, 15) is 189 Å². The number of primary amides is 1. The van der Waals surface area contributed by atoms with Gasteiger partial charge in [0.2, 0.25) is 70.9 Å². The number of nitrogens with zero attached hydrogens (tertiary/aromatic N) is 3. The number of anilines is 2. The van der Waals surface area contributed by atoms with Crippen molar-refractivity contribution >= 4 is 139 Å². The van der Waals surface area contributed by atoms with Crippen LogP contribution in [-0.2, 0) is 78.4 Å². The van der Waals surface area contributed by atoms with Crippen LogP contribution in [0.1, 0.15) is 113 Å². The molecule has 0 radical (unpaired) electrons. The number of fused-ring (bicyclic) bond motifs is 1. The molecule has 3 aromatic rings. The third kappa shape index (κ3) is 44.4. The van der Waals surface area contributed by atoms with E-state index in [4.69, 9.17) is 11.5 Å². The van der Waals surface area contributed by atoms with Gasteiger partial charge in [-0.2, -0.15) is 4.98 Å². The first-order chi connectivity index (χ1) is 65.9. The highest BCUT2D eigenvalue weighted by Crippen LogP contribution is 2.23. The molecule has 0 saturated carbocycles. The number of amides is 13. The summed E-state index contributed by atoms with van der Waals surface area (Å²) in [4.78, 5) is 246. The van der Waals surface area contributed by atoms with Gasteiger partial charge in [-0.1, -0.05) is 21.6 Å². The minimum atomic E-state index is -2.38. The standard InChI is InChI=1S/C78H123N19O41S2/c1-32(87-68(127)33-3-5-34(6-4-33)81-20-35-21-86-67-58(88-35)75(134)97-77(79)96-67)2-13-55(114)89-36(7-14-51(110)82-22-43(102)59(119)63(123)47(106)26-98)69(128)93-40(11-18-56(115)116)72(131)91-37(8-15-52(111)83-23-44(103)60(120)64(124)48(107)27-99)70(129)90-38(9-16-53(112)84-24-45(104)61(121)65(125)49(108)28-100)71(130)94-41(12-19-57(117)118)73(132)92-39(74(133)95-42(76(135)136)30-139-140-31-138-78(80)137)10-17-54(113)85-25-46(105)62(122)66(126)50(109)29-101/h3-6,21,32,36-50,59-66,81,98-109,119-126H,2,7-20,22-31H2,1H3,(H2,80,137)(H,82,110)(H,83,111)(H,84,112)(H,85,113)(H,87,127)(H,89,114)(H,90,129)(H,91,131)(H,92,132)(H,93,128)(H,94,130)(H,95,133)(H,115,116)(H,117,118)(H,135,136)(H3,79,86,96,97,134)/t32-,36+,37+,38+,39+,40+,41+,42+,43+,44+,45+,46+,47-,48-,49-,50-,59-,60-,61-,62-,63-,64-,65-,66-/m1/s1. The third-order valence-corrected chi connectivity index (χ3v) is 22.6. The first-order valence-corrected chi connectivity index (χ1v) is 45.4. The maximum Gasteiger partial charge on any atom is 0.405 e. The molecule has 0 fully saturated rings. The van der Waals surface area contributed by atoms with Gasteiger partial charge in [0.05, 0.1) is 69.3 Å². The molecule has 0 bridgehead atoms. The van der Waals surface area contributed by atoms with Gasteiger partial charge in [0.1, 0.15) is 121 Å². The first-order valence-electron chi connectivity index (χ1n) is 42.9. The van der Waals surface area contributed by atoms with E-state index in [2.05, 4.69) is 93.8 Å². The Morgan fingerprint density at radius 3 is 1.04 bits per heavy atom. The molecule has 140 heavy (non-hydrogen) atoms. The maximum atomic E-state index is 15.2. The van der Waals surface area contributed by atoms with Crippen molar-refractivity contribution in [2.45, 2.75) is 249 Å². The van der Waals surface area contributed by atoms with Crippen LogP contribution in [0.3, 0.4) is 0 Å². The average molecular weight is 2050 g/mol. The van der Waals surface area contributed by atoms with Gasteiger partial charge >= 0.3 is 24.0 Å². The molecule has 1 aromatic carbocycles. The number of carbonyl (C=O) groups is 16. The number of carbonyl (C=O) groups excluding carboxylic acids is 13. The van der Waals surface area contributed by atoms with E-state index in [1.165, 1.54) is 37.4 Å². The van der Waals surface area contributed by atoms with E-state index < -0.39 is 394 Å². The van der Waals surface area contributed by atoms with Crippen LogP contribution < -0.4 is 86.1 Å². The summed E-state index contributed by atoms with van der Waals surface area (Å²) in [7, 11) is 1.39. The molecular weight excluding hydrogens is 1920 g/mol. The topological polar surface area (TPSA) is 1030 Å². The molecule has 0 spiro atoms. The number of ether oxygens (including phenoxy) is 1. The predicted octanol–water partition coefficient (Wildman–Crippen LogP) is -17.2. The Bertz CT molecular complexity index is 4600. The number of aliphatic carboxylic acids is 3. The quantitative estimate of drug-likeness (QED) is 0.0142. The number of rotatable bonds is 69. The van der Waals surface area contributed by atoms with Crippen LogP contribution in [0, 0.1) is 0 Å². The number of nitrogen functional groups attached to an aromatic ring is 1. The first kappa shape index (κ1) is 122. The number of carboxylic acid groups (broad SMARTS) is 3. The van der Waals surface area contributed by atoms with Crippen molar-refractivity contribution in [1.82, 2.24) is 83.7 Å². The Balaban J connectivity index is 2.22. The molecule has 24 atom stereocenters. The Hall–Kier alpha value is -11.7. The third-order valence-electron chi connectivity index (χ3n) is 20.6. The van der Waals surface area contributed by atoms with E-state index in [0.29, 0.717) is 33.0 Å². The number of hydrogen-bond donors (Lipinski definition) is 39. The summed E-state index contributed by atoms with van der Waals surface area (Å²) in [5.41, 5.74) is 10.7. The summed E-state index contributed by atoms with van der Waals surface area (Å²) in [5.74, 6) is -22.2. The average Bonchev–Trinajstić information content (AvgIpc) is 0.807. The summed E-state index contributed by atoms with van der Waals surface area (Å²) in [6, 6.07) is -10.4. The van der Waals surface area contributed by atoms with Crippen molar-refractivity contribution in [2.24, 2.45) is 5.73 Å². The number of nitrogens with two attached hydrogens (primary N) is 2. The number of aliphatic hydroxyl groups is 20. The number of aromatic amines is 1.